The Balaban J connectivity index is 2.42. The van der Waals surface area contributed by atoms with Crippen molar-refractivity contribution < 1.29 is 9.53 Å². The van der Waals surface area contributed by atoms with Crippen LogP contribution in [0.2, 0.25) is 0 Å². The van der Waals surface area contributed by atoms with Crippen LogP contribution in [0.4, 0.5) is 0 Å². The molecular formula is C13H26N2O2. The van der Waals surface area contributed by atoms with Gasteiger partial charge in [-0.2, -0.15) is 0 Å². The molecular weight excluding hydrogens is 216 g/mol. The summed E-state index contributed by atoms with van der Waals surface area (Å²) in [5, 5.41) is 2.92. The second-order valence-corrected chi connectivity index (χ2v) is 6.00. The molecule has 100 valence electrons. The lowest BCUT2D eigenvalue weighted by Gasteiger charge is -2.31. The fourth-order valence-corrected chi connectivity index (χ4v) is 2.09. The predicted octanol–water partition coefficient (Wildman–Crippen LogP) is 1.58. The summed E-state index contributed by atoms with van der Waals surface area (Å²) in [6.45, 7) is 7.68. The van der Waals surface area contributed by atoms with Gasteiger partial charge in [0.1, 0.15) is 6.10 Å². The van der Waals surface area contributed by atoms with E-state index in [9.17, 15) is 4.79 Å². The largest absolute Gasteiger partial charge is 0.364 e. The van der Waals surface area contributed by atoms with E-state index in [2.05, 4.69) is 5.32 Å². The summed E-state index contributed by atoms with van der Waals surface area (Å²) < 4.78 is 5.77. The predicted molar refractivity (Wildman–Crippen MR) is 68.7 cm³/mol. The highest BCUT2D eigenvalue weighted by atomic mass is 16.5. The van der Waals surface area contributed by atoms with E-state index in [4.69, 9.17) is 10.5 Å². The molecule has 17 heavy (non-hydrogen) atoms. The first kappa shape index (κ1) is 14.5. The topological polar surface area (TPSA) is 64.3 Å². The van der Waals surface area contributed by atoms with Crippen LogP contribution >= 0.6 is 0 Å². The zero-order chi connectivity index (χ0) is 13.1. The van der Waals surface area contributed by atoms with Gasteiger partial charge in [0, 0.05) is 11.6 Å². The van der Waals surface area contributed by atoms with Crippen LogP contribution in [0, 0.1) is 0 Å². The van der Waals surface area contributed by atoms with Gasteiger partial charge in [-0.15, -0.1) is 0 Å². The van der Waals surface area contributed by atoms with E-state index < -0.39 is 6.10 Å². The number of hydrogen-bond donors (Lipinski definition) is 2. The summed E-state index contributed by atoms with van der Waals surface area (Å²) in [7, 11) is 0. The second kappa shape index (κ2) is 5.83. The van der Waals surface area contributed by atoms with Crippen LogP contribution in [0.15, 0.2) is 0 Å². The zero-order valence-corrected chi connectivity index (χ0v) is 11.5. The van der Waals surface area contributed by atoms with E-state index in [1.54, 1.807) is 6.92 Å². The van der Waals surface area contributed by atoms with Crippen molar-refractivity contribution in [1.82, 2.24) is 5.32 Å². The number of nitrogens with one attached hydrogen (secondary N) is 1. The molecule has 1 aliphatic carbocycles. The van der Waals surface area contributed by atoms with E-state index in [1.165, 1.54) is 6.42 Å². The van der Waals surface area contributed by atoms with Crippen LogP contribution in [0.3, 0.4) is 0 Å². The fraction of sp³-hybridized carbons (Fsp3) is 0.923. The molecule has 1 amide bonds. The Bertz CT molecular complexity index is 261. The van der Waals surface area contributed by atoms with Crippen LogP contribution in [0.25, 0.3) is 0 Å². The van der Waals surface area contributed by atoms with Gasteiger partial charge in [0.25, 0.3) is 0 Å². The molecule has 4 nitrogen and oxygen atoms in total. The quantitative estimate of drug-likeness (QED) is 0.789. The molecule has 1 aliphatic rings. The van der Waals surface area contributed by atoms with Crippen LogP contribution < -0.4 is 11.1 Å². The van der Waals surface area contributed by atoms with E-state index in [0.29, 0.717) is 0 Å². The van der Waals surface area contributed by atoms with Crippen molar-refractivity contribution in [2.45, 2.75) is 77.2 Å². The highest BCUT2D eigenvalue weighted by Crippen LogP contribution is 2.21. The van der Waals surface area contributed by atoms with E-state index in [-0.39, 0.29) is 23.6 Å². The highest BCUT2D eigenvalue weighted by Gasteiger charge is 2.27. The molecule has 0 radical (unpaired) electrons. The lowest BCUT2D eigenvalue weighted by atomic mass is 9.93. The first-order valence-electron chi connectivity index (χ1n) is 6.52. The number of amides is 1. The monoisotopic (exact) mass is 242 g/mol. The lowest BCUT2D eigenvalue weighted by molar-refractivity contribution is -0.138. The molecule has 0 bridgehead atoms. The zero-order valence-electron chi connectivity index (χ0n) is 11.5. The molecule has 4 heteroatoms. The molecule has 0 aromatic rings. The fourth-order valence-electron chi connectivity index (χ4n) is 2.09. The normalized spacial score (nSPS) is 27.6. The minimum Gasteiger partial charge on any atom is -0.364 e. The van der Waals surface area contributed by atoms with Crippen molar-refractivity contribution in [3.63, 3.8) is 0 Å². The van der Waals surface area contributed by atoms with Crippen molar-refractivity contribution in [2.24, 2.45) is 5.73 Å². The lowest BCUT2D eigenvalue weighted by Crippen LogP contribution is -2.49. The van der Waals surface area contributed by atoms with Crippen LogP contribution in [-0.2, 0) is 9.53 Å². The minimum atomic E-state index is -0.427. The Kier molecular flexibility index (Phi) is 4.95. The van der Waals surface area contributed by atoms with Gasteiger partial charge < -0.3 is 15.8 Å². The van der Waals surface area contributed by atoms with Gasteiger partial charge in [0.05, 0.1) is 6.10 Å². The number of hydrogen-bond acceptors (Lipinski definition) is 3. The van der Waals surface area contributed by atoms with Gasteiger partial charge in [-0.25, -0.2) is 0 Å². The van der Waals surface area contributed by atoms with Crippen LogP contribution in [0.1, 0.15) is 53.4 Å². The Hall–Kier alpha value is -0.610. The molecule has 0 aromatic heterocycles. The van der Waals surface area contributed by atoms with Gasteiger partial charge in [0.2, 0.25) is 5.91 Å². The number of carbonyl (C=O) groups is 1. The third-order valence-electron chi connectivity index (χ3n) is 3.00. The molecule has 0 aromatic carbocycles. The molecule has 3 unspecified atom stereocenters. The molecule has 0 spiro atoms. The molecule has 1 rings (SSSR count). The van der Waals surface area contributed by atoms with Gasteiger partial charge in [0.15, 0.2) is 0 Å². The van der Waals surface area contributed by atoms with E-state index >= 15 is 0 Å². The summed E-state index contributed by atoms with van der Waals surface area (Å²) in [6, 6.07) is 0.0774. The number of rotatable bonds is 3. The minimum absolute atomic E-state index is 0.0319. The van der Waals surface area contributed by atoms with Crippen LogP contribution in [-0.4, -0.2) is 29.7 Å². The van der Waals surface area contributed by atoms with Gasteiger partial charge >= 0.3 is 0 Å². The maximum absolute atomic E-state index is 11.9. The Morgan fingerprint density at radius 3 is 2.47 bits per heavy atom. The highest BCUT2D eigenvalue weighted by molar-refractivity contribution is 5.81. The number of ether oxygens (including phenoxy) is 1. The third-order valence-corrected chi connectivity index (χ3v) is 3.00. The maximum atomic E-state index is 11.9. The van der Waals surface area contributed by atoms with E-state index in [0.717, 1.165) is 19.3 Å². The molecule has 0 heterocycles. The smallest absolute Gasteiger partial charge is 0.249 e. The van der Waals surface area contributed by atoms with Gasteiger partial charge in [-0.05, 0) is 40.5 Å². The SMILES string of the molecule is CC(OC1CCCCC1N)C(=O)NC(C)(C)C. The third kappa shape index (κ3) is 5.04. The van der Waals surface area contributed by atoms with Crippen molar-refractivity contribution in [3.8, 4) is 0 Å². The first-order valence-corrected chi connectivity index (χ1v) is 6.52. The van der Waals surface area contributed by atoms with Crippen molar-refractivity contribution in [1.29, 1.82) is 0 Å². The Morgan fingerprint density at radius 1 is 1.35 bits per heavy atom. The van der Waals surface area contributed by atoms with Crippen molar-refractivity contribution >= 4 is 5.91 Å². The summed E-state index contributed by atoms with van der Waals surface area (Å²) in [5.74, 6) is -0.0599. The summed E-state index contributed by atoms with van der Waals surface area (Å²) in [6.07, 6.45) is 3.88. The van der Waals surface area contributed by atoms with Gasteiger partial charge in [-0.1, -0.05) is 12.8 Å². The summed E-state index contributed by atoms with van der Waals surface area (Å²) in [4.78, 5) is 11.9. The molecule has 1 saturated carbocycles. The van der Waals surface area contributed by atoms with E-state index in [1.807, 2.05) is 20.8 Å². The van der Waals surface area contributed by atoms with Gasteiger partial charge in [-0.3, -0.25) is 4.79 Å². The molecule has 3 atom stereocenters. The first-order chi connectivity index (χ1) is 7.79. The molecule has 0 aliphatic heterocycles. The average Bonchev–Trinajstić information content (AvgIpc) is 2.18. The van der Waals surface area contributed by atoms with Crippen molar-refractivity contribution in [3.05, 3.63) is 0 Å². The molecule has 1 fully saturated rings. The number of carbonyl (C=O) groups excluding carboxylic acids is 1. The number of nitrogens with two attached hydrogens (primary N) is 1. The second-order valence-electron chi connectivity index (χ2n) is 6.00. The van der Waals surface area contributed by atoms with Crippen LogP contribution in [0.5, 0.6) is 0 Å². The Labute approximate surface area is 104 Å². The standard InChI is InChI=1S/C13H26N2O2/c1-9(12(16)15-13(2,3)4)17-11-8-6-5-7-10(11)14/h9-11H,5-8,14H2,1-4H3,(H,15,16). The summed E-state index contributed by atoms with van der Waals surface area (Å²) >= 11 is 0. The maximum Gasteiger partial charge on any atom is 0.249 e. The summed E-state index contributed by atoms with van der Waals surface area (Å²) in [5.41, 5.74) is 5.78. The molecule has 0 saturated heterocycles. The molecule has 3 N–H and O–H groups in total. The average molecular weight is 242 g/mol. The van der Waals surface area contributed by atoms with Crippen molar-refractivity contribution in [2.75, 3.05) is 0 Å². The Morgan fingerprint density at radius 2 is 1.94 bits per heavy atom.